The largest absolute Gasteiger partial charge is 0.416 e. The minimum Gasteiger partial charge on any atom is -0.296 e. The van der Waals surface area contributed by atoms with Crippen molar-refractivity contribution in [3.05, 3.63) is 41.6 Å². The first kappa shape index (κ1) is 13.3. The number of carbonyl (C=O) groups excluding carboxylic acids is 1. The summed E-state index contributed by atoms with van der Waals surface area (Å²) in [6.45, 7) is 2.37. The van der Waals surface area contributed by atoms with Crippen LogP contribution in [0.5, 0.6) is 0 Å². The molecule has 0 amide bonds. The quantitative estimate of drug-likeness (QED) is 0.800. The summed E-state index contributed by atoms with van der Waals surface area (Å²) in [5.41, 5.74) is 0.778. The van der Waals surface area contributed by atoms with Crippen LogP contribution in [0.1, 0.15) is 23.0 Å². The Kier molecular flexibility index (Phi) is 3.42. The second-order valence-electron chi connectivity index (χ2n) is 3.96. The van der Waals surface area contributed by atoms with E-state index in [-0.39, 0.29) is 5.69 Å². The van der Waals surface area contributed by atoms with Crippen molar-refractivity contribution >= 4 is 6.29 Å². The van der Waals surface area contributed by atoms with Crippen LogP contribution in [0.4, 0.5) is 13.2 Å². The first-order valence-corrected chi connectivity index (χ1v) is 5.66. The first-order chi connectivity index (χ1) is 8.95. The predicted octanol–water partition coefficient (Wildman–Crippen LogP) is 3.40. The Balaban J connectivity index is 2.42. The van der Waals surface area contributed by atoms with Gasteiger partial charge in [0.15, 0.2) is 6.29 Å². The van der Waals surface area contributed by atoms with E-state index in [0.29, 0.717) is 24.1 Å². The van der Waals surface area contributed by atoms with Gasteiger partial charge in [-0.1, -0.05) is 12.1 Å². The maximum Gasteiger partial charge on any atom is 0.416 e. The van der Waals surface area contributed by atoms with Crippen molar-refractivity contribution in [2.24, 2.45) is 0 Å². The van der Waals surface area contributed by atoms with Gasteiger partial charge >= 0.3 is 6.18 Å². The van der Waals surface area contributed by atoms with Gasteiger partial charge in [-0.15, -0.1) is 0 Å². The lowest BCUT2D eigenvalue weighted by Gasteiger charge is -2.08. The molecule has 0 aliphatic heterocycles. The number of rotatable bonds is 3. The predicted molar refractivity (Wildman–Crippen MR) is 63.7 cm³/mol. The normalized spacial score (nSPS) is 11.6. The van der Waals surface area contributed by atoms with E-state index in [2.05, 4.69) is 5.10 Å². The molecule has 0 aliphatic rings. The summed E-state index contributed by atoms with van der Waals surface area (Å²) in [4.78, 5) is 10.7. The van der Waals surface area contributed by atoms with Gasteiger partial charge < -0.3 is 0 Å². The van der Waals surface area contributed by atoms with Gasteiger partial charge in [0.25, 0.3) is 0 Å². The third-order valence-electron chi connectivity index (χ3n) is 2.73. The summed E-state index contributed by atoms with van der Waals surface area (Å²) in [6.07, 6.45) is -3.74. The van der Waals surface area contributed by atoms with E-state index < -0.39 is 11.7 Å². The lowest BCUT2D eigenvalue weighted by molar-refractivity contribution is -0.137. The number of aldehydes is 1. The SMILES string of the molecule is CCn1nc(C=O)cc1-c1ccc(C(F)(F)F)cc1. The fraction of sp³-hybridized carbons (Fsp3) is 0.231. The van der Waals surface area contributed by atoms with Crippen LogP contribution in [-0.4, -0.2) is 16.1 Å². The number of halogens is 3. The number of alkyl halides is 3. The zero-order valence-electron chi connectivity index (χ0n) is 10.1. The molecule has 0 fully saturated rings. The number of nitrogens with zero attached hydrogens (tertiary/aromatic N) is 2. The molecule has 0 N–H and O–H groups in total. The van der Waals surface area contributed by atoms with Crippen molar-refractivity contribution in [2.75, 3.05) is 0 Å². The van der Waals surface area contributed by atoms with Crippen LogP contribution in [-0.2, 0) is 12.7 Å². The maximum absolute atomic E-state index is 12.5. The van der Waals surface area contributed by atoms with E-state index in [1.165, 1.54) is 12.1 Å². The monoisotopic (exact) mass is 268 g/mol. The molecule has 2 rings (SSSR count). The highest BCUT2D eigenvalue weighted by Gasteiger charge is 2.30. The fourth-order valence-electron chi connectivity index (χ4n) is 1.80. The topological polar surface area (TPSA) is 34.9 Å². The summed E-state index contributed by atoms with van der Waals surface area (Å²) in [6, 6.07) is 6.34. The van der Waals surface area contributed by atoms with Gasteiger partial charge in [-0.05, 0) is 30.7 Å². The Morgan fingerprint density at radius 3 is 2.37 bits per heavy atom. The van der Waals surface area contributed by atoms with E-state index in [0.717, 1.165) is 12.1 Å². The smallest absolute Gasteiger partial charge is 0.296 e. The average Bonchev–Trinajstić information content (AvgIpc) is 2.81. The van der Waals surface area contributed by atoms with Crippen LogP contribution in [0.2, 0.25) is 0 Å². The minimum absolute atomic E-state index is 0.261. The first-order valence-electron chi connectivity index (χ1n) is 5.66. The number of aromatic nitrogens is 2. The molecular weight excluding hydrogens is 257 g/mol. The van der Waals surface area contributed by atoms with Crippen molar-refractivity contribution in [2.45, 2.75) is 19.6 Å². The lowest BCUT2D eigenvalue weighted by Crippen LogP contribution is -2.04. The molecular formula is C13H11F3N2O. The zero-order chi connectivity index (χ0) is 14.0. The molecule has 0 spiro atoms. The summed E-state index contributed by atoms with van der Waals surface area (Å²) < 4.78 is 39.0. The van der Waals surface area contributed by atoms with Gasteiger partial charge in [-0.2, -0.15) is 18.3 Å². The van der Waals surface area contributed by atoms with Crippen LogP contribution in [0.25, 0.3) is 11.3 Å². The second-order valence-corrected chi connectivity index (χ2v) is 3.96. The van der Waals surface area contributed by atoms with Crippen molar-refractivity contribution in [1.29, 1.82) is 0 Å². The number of aryl methyl sites for hydroxylation is 1. The summed E-state index contributed by atoms with van der Waals surface area (Å²) in [5.74, 6) is 0. The molecule has 0 aliphatic carbocycles. The molecule has 2 aromatic rings. The van der Waals surface area contributed by atoms with Crippen LogP contribution in [0, 0.1) is 0 Å². The van der Waals surface area contributed by atoms with Gasteiger partial charge in [0, 0.05) is 6.54 Å². The molecule has 1 aromatic carbocycles. The van der Waals surface area contributed by atoms with Crippen molar-refractivity contribution in [1.82, 2.24) is 9.78 Å². The van der Waals surface area contributed by atoms with Gasteiger partial charge in [-0.25, -0.2) is 0 Å². The molecule has 0 saturated heterocycles. The van der Waals surface area contributed by atoms with Gasteiger partial charge in [0.05, 0.1) is 11.3 Å². The molecule has 6 heteroatoms. The fourth-order valence-corrected chi connectivity index (χ4v) is 1.80. The van der Waals surface area contributed by atoms with Crippen LogP contribution in [0.3, 0.4) is 0 Å². The van der Waals surface area contributed by atoms with E-state index in [1.54, 1.807) is 10.7 Å². The molecule has 1 heterocycles. The molecule has 19 heavy (non-hydrogen) atoms. The molecule has 0 saturated carbocycles. The second kappa shape index (κ2) is 4.87. The highest BCUT2D eigenvalue weighted by atomic mass is 19.4. The highest BCUT2D eigenvalue weighted by molar-refractivity contribution is 5.75. The molecule has 0 atom stereocenters. The van der Waals surface area contributed by atoms with Crippen molar-refractivity contribution in [3.8, 4) is 11.3 Å². The maximum atomic E-state index is 12.5. The standard InChI is InChI=1S/C13H11F3N2O/c1-2-18-12(7-11(8-19)17-18)9-3-5-10(6-4-9)13(14,15)16/h3-8H,2H2,1H3. The average molecular weight is 268 g/mol. The van der Waals surface area contributed by atoms with Crippen molar-refractivity contribution < 1.29 is 18.0 Å². The van der Waals surface area contributed by atoms with Gasteiger partial charge in [-0.3, -0.25) is 9.48 Å². The Morgan fingerprint density at radius 2 is 1.89 bits per heavy atom. The van der Waals surface area contributed by atoms with Crippen molar-refractivity contribution in [3.63, 3.8) is 0 Å². The van der Waals surface area contributed by atoms with Gasteiger partial charge in [0.1, 0.15) is 5.69 Å². The molecule has 0 radical (unpaired) electrons. The number of hydrogen-bond donors (Lipinski definition) is 0. The minimum atomic E-state index is -4.35. The molecule has 1 aromatic heterocycles. The van der Waals surface area contributed by atoms with E-state index in [9.17, 15) is 18.0 Å². The third-order valence-corrected chi connectivity index (χ3v) is 2.73. The number of hydrogen-bond acceptors (Lipinski definition) is 2. The lowest BCUT2D eigenvalue weighted by atomic mass is 10.1. The zero-order valence-corrected chi connectivity index (χ0v) is 10.1. The van der Waals surface area contributed by atoms with E-state index in [4.69, 9.17) is 0 Å². The number of benzene rings is 1. The summed E-state index contributed by atoms with van der Waals surface area (Å²) in [5, 5.41) is 4.02. The number of carbonyl (C=O) groups is 1. The Morgan fingerprint density at radius 1 is 1.26 bits per heavy atom. The van der Waals surface area contributed by atoms with Crippen LogP contribution < -0.4 is 0 Å². The molecule has 3 nitrogen and oxygen atoms in total. The molecule has 0 unspecified atom stereocenters. The Hall–Kier alpha value is -2.11. The van der Waals surface area contributed by atoms with Crippen LogP contribution in [0.15, 0.2) is 30.3 Å². The van der Waals surface area contributed by atoms with Gasteiger partial charge in [0.2, 0.25) is 0 Å². The molecule has 100 valence electrons. The molecule has 0 bridgehead atoms. The van der Waals surface area contributed by atoms with Crippen LogP contribution >= 0.6 is 0 Å². The highest BCUT2D eigenvalue weighted by Crippen LogP contribution is 2.31. The Labute approximate surface area is 107 Å². The van der Waals surface area contributed by atoms with E-state index >= 15 is 0 Å². The summed E-state index contributed by atoms with van der Waals surface area (Å²) >= 11 is 0. The Bertz CT molecular complexity index is 585. The van der Waals surface area contributed by atoms with E-state index in [1.807, 2.05) is 6.92 Å². The summed E-state index contributed by atoms with van der Waals surface area (Å²) in [7, 11) is 0. The third kappa shape index (κ3) is 2.67.